The van der Waals surface area contributed by atoms with E-state index in [1.54, 1.807) is 4.90 Å². The lowest BCUT2D eigenvalue weighted by molar-refractivity contribution is 0.0844. The van der Waals surface area contributed by atoms with Gasteiger partial charge in [0.2, 0.25) is 0 Å². The Bertz CT molecular complexity index is 493. The van der Waals surface area contributed by atoms with Crippen LogP contribution in [0.1, 0.15) is 25.3 Å². The lowest BCUT2D eigenvalue weighted by atomic mass is 10.1. The number of urea groups is 1. The molecule has 1 atom stereocenters. The van der Waals surface area contributed by atoms with Crippen LogP contribution in [-0.2, 0) is 0 Å². The van der Waals surface area contributed by atoms with Gasteiger partial charge >= 0.3 is 6.03 Å². The van der Waals surface area contributed by atoms with Gasteiger partial charge in [0.1, 0.15) is 0 Å². The maximum absolute atomic E-state index is 12.1. The summed E-state index contributed by atoms with van der Waals surface area (Å²) in [5.74, 6) is 0. The molecule has 0 aromatic heterocycles. The fraction of sp³-hybridized carbons (Fsp3) is 0.588. The average molecular weight is 305 g/mol. The number of benzene rings is 1. The number of aliphatic hydroxyl groups excluding tert-OH is 1. The quantitative estimate of drug-likeness (QED) is 0.875. The molecule has 0 spiro atoms. The number of nitrogens with zero attached hydrogens (tertiary/aromatic N) is 2. The normalized spacial score (nSPS) is 18.1. The van der Waals surface area contributed by atoms with Gasteiger partial charge in [0.05, 0.1) is 6.10 Å². The minimum atomic E-state index is -0.376. The van der Waals surface area contributed by atoms with Gasteiger partial charge in [0, 0.05) is 38.4 Å². The monoisotopic (exact) mass is 305 g/mol. The van der Waals surface area contributed by atoms with Gasteiger partial charge in [0.15, 0.2) is 0 Å². The second-order valence-electron chi connectivity index (χ2n) is 5.84. The van der Waals surface area contributed by atoms with E-state index in [1.165, 1.54) is 11.3 Å². The average Bonchev–Trinajstić information content (AvgIpc) is 2.52. The highest BCUT2D eigenvalue weighted by molar-refractivity contribution is 5.74. The third-order valence-electron chi connectivity index (χ3n) is 4.18. The number of nitrogens with one attached hydrogen (secondary N) is 1. The number of hydrogen-bond acceptors (Lipinski definition) is 3. The molecule has 1 saturated heterocycles. The number of β-amino-alcohol motifs (C(OH)–C–C–N with tert-alkyl or cyclic N) is 1. The second-order valence-corrected chi connectivity index (χ2v) is 5.84. The van der Waals surface area contributed by atoms with Crippen molar-refractivity contribution in [3.05, 3.63) is 29.8 Å². The largest absolute Gasteiger partial charge is 0.391 e. The van der Waals surface area contributed by atoms with Crippen LogP contribution in [0.25, 0.3) is 0 Å². The molecule has 1 aromatic rings. The number of piperidine rings is 1. The van der Waals surface area contributed by atoms with Crippen molar-refractivity contribution >= 4 is 11.7 Å². The third kappa shape index (κ3) is 4.37. The van der Waals surface area contributed by atoms with Crippen LogP contribution in [0.3, 0.4) is 0 Å². The van der Waals surface area contributed by atoms with Crippen LogP contribution in [0.4, 0.5) is 10.5 Å². The number of hydrogen-bond donors (Lipinski definition) is 2. The van der Waals surface area contributed by atoms with E-state index in [-0.39, 0.29) is 12.1 Å². The van der Waals surface area contributed by atoms with Gasteiger partial charge in [-0.15, -0.1) is 0 Å². The molecular formula is C17H27N3O2. The molecule has 1 aliphatic rings. The summed E-state index contributed by atoms with van der Waals surface area (Å²) in [5, 5.41) is 12.6. The number of likely N-dealkylation sites (tertiary alicyclic amines) is 1. The summed E-state index contributed by atoms with van der Waals surface area (Å²) < 4.78 is 0. The van der Waals surface area contributed by atoms with Gasteiger partial charge < -0.3 is 20.2 Å². The smallest absolute Gasteiger partial charge is 0.317 e. The highest BCUT2D eigenvalue weighted by Gasteiger charge is 2.21. The minimum Gasteiger partial charge on any atom is -0.391 e. The number of amides is 2. The van der Waals surface area contributed by atoms with E-state index < -0.39 is 0 Å². The summed E-state index contributed by atoms with van der Waals surface area (Å²) in [5.41, 5.74) is 2.46. The Kier molecular flexibility index (Phi) is 6.07. The first-order valence-electron chi connectivity index (χ1n) is 8.13. The second kappa shape index (κ2) is 8.03. The van der Waals surface area contributed by atoms with E-state index in [9.17, 15) is 9.90 Å². The van der Waals surface area contributed by atoms with E-state index in [2.05, 4.69) is 36.2 Å². The highest BCUT2D eigenvalue weighted by Crippen LogP contribution is 2.18. The van der Waals surface area contributed by atoms with Crippen LogP contribution in [0.2, 0.25) is 0 Å². The molecule has 1 aromatic carbocycles. The van der Waals surface area contributed by atoms with Gasteiger partial charge in [-0.1, -0.05) is 18.2 Å². The van der Waals surface area contributed by atoms with Crippen LogP contribution >= 0.6 is 0 Å². The standard InChI is InChI=1S/C17H27N3O2/c1-3-19(16-9-5-4-7-14(16)2)12-10-18-17(22)20-11-6-8-15(21)13-20/h4-5,7,9,15,21H,3,6,8,10-13H2,1-2H3,(H,18,22). The Balaban J connectivity index is 1.81. The minimum absolute atomic E-state index is 0.0698. The van der Waals surface area contributed by atoms with Crippen molar-refractivity contribution in [1.82, 2.24) is 10.2 Å². The topological polar surface area (TPSA) is 55.8 Å². The summed E-state index contributed by atoms with van der Waals surface area (Å²) in [6.45, 7) is 7.69. The molecule has 0 radical (unpaired) electrons. The first kappa shape index (κ1) is 16.6. The van der Waals surface area contributed by atoms with Crippen LogP contribution in [0, 0.1) is 6.92 Å². The summed E-state index contributed by atoms with van der Waals surface area (Å²) in [6.07, 6.45) is 1.29. The van der Waals surface area contributed by atoms with Crippen molar-refractivity contribution in [2.45, 2.75) is 32.8 Å². The molecule has 22 heavy (non-hydrogen) atoms. The molecule has 1 heterocycles. The molecule has 2 amide bonds. The first-order valence-corrected chi connectivity index (χ1v) is 8.13. The number of carbonyl (C=O) groups is 1. The van der Waals surface area contributed by atoms with Crippen molar-refractivity contribution < 1.29 is 9.90 Å². The first-order chi connectivity index (χ1) is 10.6. The summed E-state index contributed by atoms with van der Waals surface area (Å²) in [6, 6.07) is 8.22. The van der Waals surface area contributed by atoms with Crippen LogP contribution in [0.15, 0.2) is 24.3 Å². The Morgan fingerprint density at radius 1 is 1.45 bits per heavy atom. The van der Waals surface area contributed by atoms with Gasteiger partial charge in [-0.25, -0.2) is 4.79 Å². The van der Waals surface area contributed by atoms with E-state index in [0.717, 1.165) is 32.5 Å². The zero-order valence-electron chi connectivity index (χ0n) is 13.6. The van der Waals surface area contributed by atoms with Crippen molar-refractivity contribution in [1.29, 1.82) is 0 Å². The van der Waals surface area contributed by atoms with Crippen molar-refractivity contribution in [2.75, 3.05) is 37.6 Å². The zero-order valence-corrected chi connectivity index (χ0v) is 13.6. The number of aliphatic hydroxyl groups is 1. The Hall–Kier alpha value is -1.75. The van der Waals surface area contributed by atoms with Gasteiger partial charge in [-0.05, 0) is 38.3 Å². The SMILES string of the molecule is CCN(CCNC(=O)N1CCCC(O)C1)c1ccccc1C. The number of anilines is 1. The molecule has 0 bridgehead atoms. The van der Waals surface area contributed by atoms with E-state index >= 15 is 0 Å². The predicted molar refractivity (Wildman–Crippen MR) is 89.3 cm³/mol. The van der Waals surface area contributed by atoms with E-state index in [4.69, 9.17) is 0 Å². The molecule has 2 N–H and O–H groups in total. The van der Waals surface area contributed by atoms with Crippen LogP contribution in [-0.4, -0.2) is 54.9 Å². The number of aryl methyl sites for hydroxylation is 1. The van der Waals surface area contributed by atoms with Crippen molar-refractivity contribution in [2.24, 2.45) is 0 Å². The molecule has 2 rings (SSSR count). The van der Waals surface area contributed by atoms with Gasteiger partial charge in [0.25, 0.3) is 0 Å². The molecule has 1 fully saturated rings. The summed E-state index contributed by atoms with van der Waals surface area (Å²) >= 11 is 0. The fourth-order valence-corrected chi connectivity index (χ4v) is 2.92. The lowest BCUT2D eigenvalue weighted by Gasteiger charge is -2.31. The highest BCUT2D eigenvalue weighted by atomic mass is 16.3. The van der Waals surface area contributed by atoms with Crippen molar-refractivity contribution in [3.63, 3.8) is 0 Å². The summed E-state index contributed by atoms with van der Waals surface area (Å²) in [4.78, 5) is 16.1. The maximum Gasteiger partial charge on any atom is 0.317 e. The van der Waals surface area contributed by atoms with Crippen LogP contribution < -0.4 is 10.2 Å². The van der Waals surface area contributed by atoms with Gasteiger partial charge in [-0.2, -0.15) is 0 Å². The summed E-state index contributed by atoms with van der Waals surface area (Å²) in [7, 11) is 0. The Labute approximate surface area is 132 Å². The zero-order chi connectivity index (χ0) is 15.9. The molecule has 1 unspecified atom stereocenters. The van der Waals surface area contributed by atoms with E-state index in [0.29, 0.717) is 13.1 Å². The molecule has 5 nitrogen and oxygen atoms in total. The predicted octanol–water partition coefficient (Wildman–Crippen LogP) is 1.99. The molecular weight excluding hydrogens is 278 g/mol. The van der Waals surface area contributed by atoms with Crippen molar-refractivity contribution in [3.8, 4) is 0 Å². The maximum atomic E-state index is 12.1. The third-order valence-corrected chi connectivity index (χ3v) is 4.18. The number of carbonyl (C=O) groups excluding carboxylic acids is 1. The fourth-order valence-electron chi connectivity index (χ4n) is 2.92. The lowest BCUT2D eigenvalue weighted by Crippen LogP contribution is -2.48. The Morgan fingerprint density at radius 3 is 2.91 bits per heavy atom. The number of rotatable bonds is 5. The molecule has 5 heteroatoms. The molecule has 122 valence electrons. The van der Waals surface area contributed by atoms with Crippen LogP contribution in [0.5, 0.6) is 0 Å². The number of para-hydroxylation sites is 1. The molecule has 1 aliphatic heterocycles. The van der Waals surface area contributed by atoms with E-state index in [1.807, 2.05) is 12.1 Å². The number of likely N-dealkylation sites (N-methyl/N-ethyl adjacent to an activating group) is 1. The van der Waals surface area contributed by atoms with Gasteiger partial charge in [-0.3, -0.25) is 0 Å². The molecule has 0 aliphatic carbocycles. The molecule has 0 saturated carbocycles. The Morgan fingerprint density at radius 2 is 2.23 bits per heavy atom.